The molecule has 0 saturated carbocycles. The van der Waals surface area contributed by atoms with Crippen LogP contribution >= 0.6 is 12.2 Å². The van der Waals surface area contributed by atoms with Crippen molar-refractivity contribution in [1.82, 2.24) is 24.3 Å². The predicted octanol–water partition coefficient (Wildman–Crippen LogP) is 3.34. The molecular formula is C17H15N5OS. The molecule has 0 aliphatic rings. The minimum atomic E-state index is 0.555. The van der Waals surface area contributed by atoms with E-state index in [1.54, 1.807) is 7.11 Å². The number of fused-ring (bicyclic) bond motifs is 1. The highest BCUT2D eigenvalue weighted by Gasteiger charge is 2.11. The molecular weight excluding hydrogens is 322 g/mol. The third-order valence-electron chi connectivity index (χ3n) is 3.91. The van der Waals surface area contributed by atoms with Gasteiger partial charge in [0.15, 0.2) is 10.6 Å². The molecule has 2 heterocycles. The Kier molecular flexibility index (Phi) is 3.62. The normalized spacial score (nSPS) is 11.0. The van der Waals surface area contributed by atoms with E-state index in [1.807, 2.05) is 59.4 Å². The maximum atomic E-state index is 5.40. The molecule has 2 aromatic heterocycles. The summed E-state index contributed by atoms with van der Waals surface area (Å²) in [5.41, 5.74) is 2.96. The summed E-state index contributed by atoms with van der Waals surface area (Å²) in [6.45, 7) is 0.569. The number of hydrogen-bond donors (Lipinski definition) is 1. The molecule has 4 aromatic rings. The topological polar surface area (TPSA) is 60.7 Å². The number of rotatable bonds is 4. The number of nitrogens with one attached hydrogen (secondary N) is 1. The van der Waals surface area contributed by atoms with Crippen LogP contribution in [0, 0.1) is 4.77 Å². The van der Waals surface area contributed by atoms with Gasteiger partial charge in [0.1, 0.15) is 5.75 Å². The first-order valence-electron chi connectivity index (χ1n) is 7.47. The van der Waals surface area contributed by atoms with Crippen molar-refractivity contribution < 1.29 is 4.74 Å². The van der Waals surface area contributed by atoms with Crippen LogP contribution in [0.4, 0.5) is 0 Å². The van der Waals surface area contributed by atoms with Crippen LogP contribution in [-0.2, 0) is 6.54 Å². The van der Waals surface area contributed by atoms with Gasteiger partial charge in [-0.15, -0.1) is 0 Å². The van der Waals surface area contributed by atoms with Gasteiger partial charge in [-0.05, 0) is 48.6 Å². The second-order valence-corrected chi connectivity index (χ2v) is 5.73. The van der Waals surface area contributed by atoms with Crippen LogP contribution in [0.25, 0.3) is 16.7 Å². The van der Waals surface area contributed by atoms with Crippen LogP contribution in [0.15, 0.2) is 54.9 Å². The number of para-hydroxylation sites is 2. The molecule has 4 rings (SSSR count). The number of benzene rings is 2. The number of nitrogens with zero attached hydrogens (tertiary/aromatic N) is 4. The second kappa shape index (κ2) is 5.93. The van der Waals surface area contributed by atoms with Gasteiger partial charge in [-0.3, -0.25) is 9.67 Å². The van der Waals surface area contributed by atoms with Crippen LogP contribution in [-0.4, -0.2) is 31.4 Å². The number of H-pyrrole nitrogens is 1. The maximum absolute atomic E-state index is 5.40. The fraction of sp³-hybridized carbons (Fsp3) is 0.118. The SMILES string of the molecule is COc1ccc(-n2c(Cn3cnc4ccccc43)n[nH]c2=S)cc1. The van der Waals surface area contributed by atoms with Gasteiger partial charge in [-0.1, -0.05) is 12.1 Å². The molecule has 0 atom stereocenters. The van der Waals surface area contributed by atoms with Crippen molar-refractivity contribution in [3.63, 3.8) is 0 Å². The molecule has 0 radical (unpaired) electrons. The van der Waals surface area contributed by atoms with Crippen molar-refractivity contribution in [3.05, 3.63) is 65.5 Å². The van der Waals surface area contributed by atoms with E-state index in [4.69, 9.17) is 17.0 Å². The van der Waals surface area contributed by atoms with E-state index >= 15 is 0 Å². The predicted molar refractivity (Wildman–Crippen MR) is 94.1 cm³/mol. The van der Waals surface area contributed by atoms with Crippen molar-refractivity contribution >= 4 is 23.3 Å². The Balaban J connectivity index is 1.75. The Hall–Kier alpha value is -2.93. The lowest BCUT2D eigenvalue weighted by atomic mass is 10.3. The summed E-state index contributed by atoms with van der Waals surface area (Å²) in [5, 5.41) is 7.26. The van der Waals surface area contributed by atoms with E-state index in [-0.39, 0.29) is 0 Å². The van der Waals surface area contributed by atoms with E-state index in [1.165, 1.54) is 0 Å². The Labute approximate surface area is 143 Å². The molecule has 0 bridgehead atoms. The summed E-state index contributed by atoms with van der Waals surface area (Å²) in [6, 6.07) is 15.7. The Morgan fingerprint density at radius 2 is 1.92 bits per heavy atom. The summed E-state index contributed by atoms with van der Waals surface area (Å²) >= 11 is 5.40. The zero-order valence-corrected chi connectivity index (χ0v) is 13.8. The Morgan fingerprint density at radius 3 is 2.71 bits per heavy atom. The molecule has 1 N–H and O–H groups in total. The highest BCUT2D eigenvalue weighted by molar-refractivity contribution is 7.71. The van der Waals surface area contributed by atoms with Gasteiger partial charge in [0.25, 0.3) is 0 Å². The number of ether oxygens (including phenoxy) is 1. The molecule has 120 valence electrons. The summed E-state index contributed by atoms with van der Waals surface area (Å²) in [4.78, 5) is 4.42. The number of imidazole rings is 1. The van der Waals surface area contributed by atoms with Crippen molar-refractivity contribution in [2.45, 2.75) is 6.54 Å². The first-order chi connectivity index (χ1) is 11.8. The second-order valence-electron chi connectivity index (χ2n) is 5.34. The van der Waals surface area contributed by atoms with Crippen molar-refractivity contribution in [2.75, 3.05) is 7.11 Å². The molecule has 0 aliphatic carbocycles. The van der Waals surface area contributed by atoms with Crippen LogP contribution in [0.5, 0.6) is 5.75 Å². The first kappa shape index (κ1) is 14.6. The fourth-order valence-corrected chi connectivity index (χ4v) is 2.98. The van der Waals surface area contributed by atoms with Crippen LogP contribution < -0.4 is 4.74 Å². The number of aromatic nitrogens is 5. The van der Waals surface area contributed by atoms with Gasteiger partial charge in [0, 0.05) is 5.69 Å². The van der Waals surface area contributed by atoms with Crippen molar-refractivity contribution in [1.29, 1.82) is 0 Å². The molecule has 0 saturated heterocycles. The van der Waals surface area contributed by atoms with Gasteiger partial charge in [0.05, 0.1) is 31.0 Å². The van der Waals surface area contributed by atoms with Gasteiger partial charge in [-0.25, -0.2) is 4.98 Å². The van der Waals surface area contributed by atoms with Gasteiger partial charge in [0.2, 0.25) is 0 Å². The summed E-state index contributed by atoms with van der Waals surface area (Å²) in [6.07, 6.45) is 1.82. The standard InChI is InChI=1S/C17H15N5OS/c1-23-13-8-6-12(7-9-13)22-16(19-20-17(22)24)10-21-11-18-14-4-2-3-5-15(14)21/h2-9,11H,10H2,1H3,(H,20,24). The van der Waals surface area contributed by atoms with Crippen molar-refractivity contribution in [2.24, 2.45) is 0 Å². The highest BCUT2D eigenvalue weighted by atomic mass is 32.1. The Bertz CT molecular complexity index is 1040. The quantitative estimate of drug-likeness (QED) is 0.580. The fourth-order valence-electron chi connectivity index (χ4n) is 2.72. The molecule has 0 spiro atoms. The van der Waals surface area contributed by atoms with E-state index in [0.717, 1.165) is 28.3 Å². The monoisotopic (exact) mass is 337 g/mol. The smallest absolute Gasteiger partial charge is 0.199 e. The van der Waals surface area contributed by atoms with Crippen LogP contribution in [0.1, 0.15) is 5.82 Å². The lowest BCUT2D eigenvalue weighted by molar-refractivity contribution is 0.414. The van der Waals surface area contributed by atoms with Gasteiger partial charge < -0.3 is 9.30 Å². The molecule has 6 nitrogen and oxygen atoms in total. The summed E-state index contributed by atoms with van der Waals surface area (Å²) in [7, 11) is 1.65. The summed E-state index contributed by atoms with van der Waals surface area (Å²) < 4.78 is 9.74. The molecule has 0 fully saturated rings. The van der Waals surface area contributed by atoms with Crippen molar-refractivity contribution in [3.8, 4) is 11.4 Å². The summed E-state index contributed by atoms with van der Waals surface area (Å²) in [5.74, 6) is 1.62. The maximum Gasteiger partial charge on any atom is 0.199 e. The zero-order valence-electron chi connectivity index (χ0n) is 13.0. The van der Waals surface area contributed by atoms with Gasteiger partial charge in [-0.2, -0.15) is 5.10 Å². The van der Waals surface area contributed by atoms with E-state index < -0.39 is 0 Å². The number of aromatic amines is 1. The highest BCUT2D eigenvalue weighted by Crippen LogP contribution is 2.18. The molecule has 0 amide bonds. The Morgan fingerprint density at radius 1 is 1.12 bits per heavy atom. The molecule has 7 heteroatoms. The van der Waals surface area contributed by atoms with Crippen LogP contribution in [0.3, 0.4) is 0 Å². The minimum absolute atomic E-state index is 0.555. The largest absolute Gasteiger partial charge is 0.497 e. The molecule has 0 aliphatic heterocycles. The third-order valence-corrected chi connectivity index (χ3v) is 4.19. The molecule has 2 aromatic carbocycles. The van der Waals surface area contributed by atoms with E-state index in [0.29, 0.717) is 11.3 Å². The molecule has 0 unspecified atom stereocenters. The number of hydrogen-bond acceptors (Lipinski definition) is 4. The van der Waals surface area contributed by atoms with E-state index in [2.05, 4.69) is 19.7 Å². The van der Waals surface area contributed by atoms with Gasteiger partial charge >= 0.3 is 0 Å². The lowest BCUT2D eigenvalue weighted by Gasteiger charge is -2.09. The van der Waals surface area contributed by atoms with E-state index in [9.17, 15) is 0 Å². The zero-order chi connectivity index (χ0) is 16.5. The average molecular weight is 337 g/mol. The first-order valence-corrected chi connectivity index (χ1v) is 7.87. The third kappa shape index (κ3) is 2.48. The molecule has 24 heavy (non-hydrogen) atoms. The average Bonchev–Trinajstić information content (AvgIpc) is 3.19. The lowest BCUT2D eigenvalue weighted by Crippen LogP contribution is -2.07. The number of methoxy groups -OCH3 is 1. The van der Waals surface area contributed by atoms with Crippen LogP contribution in [0.2, 0.25) is 0 Å². The minimum Gasteiger partial charge on any atom is -0.497 e.